The van der Waals surface area contributed by atoms with Crippen LogP contribution in [0.15, 0.2) is 6.07 Å². The number of aliphatic carboxylic acids is 1. The lowest BCUT2D eigenvalue weighted by Crippen LogP contribution is -2.33. The van der Waals surface area contributed by atoms with E-state index in [2.05, 4.69) is 5.32 Å². The van der Waals surface area contributed by atoms with Crippen LogP contribution >= 0.6 is 11.3 Å². The third kappa shape index (κ3) is 4.28. The highest BCUT2D eigenvalue weighted by atomic mass is 32.1. The monoisotopic (exact) mass is 311 g/mol. The van der Waals surface area contributed by atoms with Crippen LogP contribution in [-0.4, -0.2) is 30.1 Å². The molecular weight excluding hydrogens is 290 g/mol. The molecule has 6 heteroatoms. The van der Waals surface area contributed by atoms with Crippen molar-refractivity contribution in [3.8, 4) is 0 Å². The molecular formula is C15H21NO4S. The maximum atomic E-state index is 12.1. The smallest absolute Gasteiger partial charge is 0.308 e. The van der Waals surface area contributed by atoms with Crippen molar-refractivity contribution in [1.29, 1.82) is 0 Å². The first-order valence-electron chi connectivity index (χ1n) is 7.17. The molecule has 5 nitrogen and oxygen atoms in total. The number of hydrogen-bond acceptors (Lipinski definition) is 4. The minimum absolute atomic E-state index is 0.172. The van der Waals surface area contributed by atoms with Gasteiger partial charge in [0, 0.05) is 17.8 Å². The lowest BCUT2D eigenvalue weighted by atomic mass is 9.97. The minimum atomic E-state index is -0.858. The Kier molecular flexibility index (Phi) is 5.36. The number of carboxylic acids is 1. The summed E-state index contributed by atoms with van der Waals surface area (Å²) in [6.07, 6.45) is 1.41. The molecule has 0 aromatic carbocycles. The SMILES string of the molecule is CC(C)CC(CNC(=O)c1cc2c(s1)CCOC2)C(=O)O. The molecule has 0 aliphatic carbocycles. The van der Waals surface area contributed by atoms with Gasteiger partial charge in [-0.3, -0.25) is 9.59 Å². The normalized spacial score (nSPS) is 15.6. The number of hydrogen-bond donors (Lipinski definition) is 2. The Morgan fingerprint density at radius 1 is 1.48 bits per heavy atom. The van der Waals surface area contributed by atoms with E-state index in [9.17, 15) is 14.7 Å². The number of amides is 1. The predicted molar refractivity (Wildman–Crippen MR) is 80.6 cm³/mol. The summed E-state index contributed by atoms with van der Waals surface area (Å²) in [4.78, 5) is 25.2. The van der Waals surface area contributed by atoms with E-state index in [4.69, 9.17) is 4.74 Å². The highest BCUT2D eigenvalue weighted by molar-refractivity contribution is 7.14. The van der Waals surface area contributed by atoms with Crippen molar-refractivity contribution >= 4 is 23.2 Å². The van der Waals surface area contributed by atoms with Crippen LogP contribution in [0.4, 0.5) is 0 Å². The summed E-state index contributed by atoms with van der Waals surface area (Å²) in [5.74, 6) is -1.30. The summed E-state index contributed by atoms with van der Waals surface area (Å²) in [5.41, 5.74) is 1.08. The Morgan fingerprint density at radius 2 is 2.24 bits per heavy atom. The zero-order valence-electron chi connectivity index (χ0n) is 12.3. The summed E-state index contributed by atoms with van der Waals surface area (Å²) in [7, 11) is 0. The van der Waals surface area contributed by atoms with Crippen LogP contribution in [-0.2, 0) is 22.6 Å². The van der Waals surface area contributed by atoms with Gasteiger partial charge in [-0.05, 0) is 24.0 Å². The third-order valence-corrected chi connectivity index (χ3v) is 4.70. The predicted octanol–water partition coefficient (Wildman–Crippen LogP) is 2.30. The Balaban J connectivity index is 1.94. The van der Waals surface area contributed by atoms with E-state index in [1.165, 1.54) is 16.2 Å². The molecule has 2 heterocycles. The van der Waals surface area contributed by atoms with E-state index in [1.807, 2.05) is 19.9 Å². The van der Waals surface area contributed by atoms with Crippen LogP contribution in [0.1, 0.15) is 40.4 Å². The molecule has 1 unspecified atom stereocenters. The number of thiophene rings is 1. The lowest BCUT2D eigenvalue weighted by Gasteiger charge is -2.15. The second-order valence-electron chi connectivity index (χ2n) is 5.74. The maximum Gasteiger partial charge on any atom is 0.308 e. The van der Waals surface area contributed by atoms with Crippen molar-refractivity contribution in [3.63, 3.8) is 0 Å². The fraction of sp³-hybridized carbons (Fsp3) is 0.600. The number of carbonyl (C=O) groups excluding carboxylic acids is 1. The van der Waals surface area contributed by atoms with E-state index in [1.54, 1.807) is 0 Å². The topological polar surface area (TPSA) is 75.6 Å². The summed E-state index contributed by atoms with van der Waals surface area (Å²) >= 11 is 1.48. The molecule has 1 aliphatic rings. The second-order valence-corrected chi connectivity index (χ2v) is 6.87. The summed E-state index contributed by atoms with van der Waals surface area (Å²) in [6, 6.07) is 1.85. The number of carbonyl (C=O) groups is 2. The molecule has 1 aliphatic heterocycles. The van der Waals surface area contributed by atoms with Gasteiger partial charge in [0.25, 0.3) is 5.91 Å². The average molecular weight is 311 g/mol. The first-order valence-corrected chi connectivity index (χ1v) is 7.99. The molecule has 0 saturated heterocycles. The largest absolute Gasteiger partial charge is 0.481 e. The zero-order valence-corrected chi connectivity index (χ0v) is 13.2. The van der Waals surface area contributed by atoms with Crippen LogP contribution in [0.2, 0.25) is 0 Å². The van der Waals surface area contributed by atoms with Crippen molar-refractivity contribution < 1.29 is 19.4 Å². The molecule has 116 valence electrons. The summed E-state index contributed by atoms with van der Waals surface area (Å²) in [5, 5.41) is 11.9. The van der Waals surface area contributed by atoms with Crippen LogP contribution in [0.5, 0.6) is 0 Å². The molecule has 1 aromatic heterocycles. The molecule has 1 amide bonds. The Hall–Kier alpha value is -1.40. The van der Waals surface area contributed by atoms with Crippen molar-refractivity contribution in [2.24, 2.45) is 11.8 Å². The van der Waals surface area contributed by atoms with Crippen molar-refractivity contribution in [3.05, 3.63) is 21.4 Å². The third-order valence-electron chi connectivity index (χ3n) is 3.47. The molecule has 0 saturated carbocycles. The average Bonchev–Trinajstić information content (AvgIpc) is 2.86. The molecule has 21 heavy (non-hydrogen) atoms. The zero-order chi connectivity index (χ0) is 15.4. The van der Waals surface area contributed by atoms with Crippen LogP contribution < -0.4 is 5.32 Å². The van der Waals surface area contributed by atoms with E-state index in [0.29, 0.717) is 24.5 Å². The Morgan fingerprint density at radius 3 is 2.86 bits per heavy atom. The first kappa shape index (κ1) is 16.0. The van der Waals surface area contributed by atoms with Crippen LogP contribution in [0, 0.1) is 11.8 Å². The molecule has 0 radical (unpaired) electrons. The number of nitrogens with one attached hydrogen (secondary N) is 1. The first-order chi connectivity index (χ1) is 9.97. The van der Waals surface area contributed by atoms with Gasteiger partial charge < -0.3 is 15.2 Å². The summed E-state index contributed by atoms with van der Waals surface area (Å²) < 4.78 is 5.36. The Labute approximate surface area is 128 Å². The van der Waals surface area contributed by atoms with E-state index >= 15 is 0 Å². The quantitative estimate of drug-likeness (QED) is 0.845. The van der Waals surface area contributed by atoms with Crippen molar-refractivity contribution in [2.75, 3.05) is 13.2 Å². The van der Waals surface area contributed by atoms with Gasteiger partial charge in [-0.25, -0.2) is 0 Å². The van der Waals surface area contributed by atoms with Gasteiger partial charge in [0.2, 0.25) is 0 Å². The highest BCUT2D eigenvalue weighted by Crippen LogP contribution is 2.26. The number of rotatable bonds is 6. The van der Waals surface area contributed by atoms with Crippen LogP contribution in [0.25, 0.3) is 0 Å². The lowest BCUT2D eigenvalue weighted by molar-refractivity contribution is -0.142. The number of fused-ring (bicyclic) bond motifs is 1. The van der Waals surface area contributed by atoms with Gasteiger partial charge in [-0.15, -0.1) is 11.3 Å². The Bertz CT molecular complexity index is 500. The van der Waals surface area contributed by atoms with Crippen molar-refractivity contribution in [2.45, 2.75) is 33.3 Å². The highest BCUT2D eigenvalue weighted by Gasteiger charge is 2.22. The number of ether oxygens (including phenoxy) is 1. The minimum Gasteiger partial charge on any atom is -0.481 e. The summed E-state index contributed by atoms with van der Waals surface area (Å²) in [6.45, 7) is 5.38. The molecule has 1 aromatic rings. The van der Waals surface area contributed by atoms with E-state index < -0.39 is 11.9 Å². The van der Waals surface area contributed by atoms with E-state index in [0.717, 1.165) is 12.0 Å². The molecule has 0 bridgehead atoms. The van der Waals surface area contributed by atoms with Gasteiger partial charge in [0.15, 0.2) is 0 Å². The second kappa shape index (κ2) is 7.04. The number of carboxylic acid groups (broad SMARTS) is 1. The van der Waals surface area contributed by atoms with Crippen molar-refractivity contribution in [1.82, 2.24) is 5.32 Å². The molecule has 0 spiro atoms. The fourth-order valence-electron chi connectivity index (χ4n) is 2.40. The van der Waals surface area contributed by atoms with Gasteiger partial charge >= 0.3 is 5.97 Å². The fourth-order valence-corrected chi connectivity index (χ4v) is 3.47. The molecule has 1 atom stereocenters. The van der Waals surface area contributed by atoms with Gasteiger partial charge in [0.1, 0.15) is 0 Å². The van der Waals surface area contributed by atoms with Gasteiger partial charge in [0.05, 0.1) is 24.0 Å². The molecule has 2 N–H and O–H groups in total. The molecule has 2 rings (SSSR count). The van der Waals surface area contributed by atoms with Crippen LogP contribution in [0.3, 0.4) is 0 Å². The maximum absolute atomic E-state index is 12.1. The standard InChI is InChI=1S/C15H21NO4S/c1-9(2)5-10(15(18)19)7-16-14(17)13-6-11-8-20-4-3-12(11)21-13/h6,9-10H,3-5,7-8H2,1-2H3,(H,16,17)(H,18,19). The molecule has 0 fully saturated rings. The van der Waals surface area contributed by atoms with Gasteiger partial charge in [-0.1, -0.05) is 13.8 Å². The van der Waals surface area contributed by atoms with Gasteiger partial charge in [-0.2, -0.15) is 0 Å². The van der Waals surface area contributed by atoms with E-state index in [-0.39, 0.29) is 18.4 Å².